The highest BCUT2D eigenvalue weighted by molar-refractivity contribution is 5.94. The normalized spacial score (nSPS) is 19.7. The molecular weight excluding hydrogens is 332 g/mol. The summed E-state index contributed by atoms with van der Waals surface area (Å²) in [6, 6.07) is 3.53. The molecular formula is C17H20N8O. The maximum atomic E-state index is 12.8. The SMILES string of the molecule is Cc1ccn(C)c1C(=O)N[C@@H]1CN(c2ncccn2)C[C@@H]1n1ccnn1. The summed E-state index contributed by atoms with van der Waals surface area (Å²) in [7, 11) is 1.87. The lowest BCUT2D eigenvalue weighted by Gasteiger charge is -2.19. The Hall–Kier alpha value is -3.23. The van der Waals surface area contributed by atoms with Gasteiger partial charge < -0.3 is 14.8 Å². The van der Waals surface area contributed by atoms with Gasteiger partial charge in [-0.2, -0.15) is 0 Å². The monoisotopic (exact) mass is 352 g/mol. The molecule has 1 amide bonds. The number of carbonyl (C=O) groups is 1. The van der Waals surface area contributed by atoms with Crippen LogP contribution in [0.25, 0.3) is 0 Å². The van der Waals surface area contributed by atoms with Gasteiger partial charge in [-0.05, 0) is 24.6 Å². The molecule has 1 aliphatic heterocycles. The van der Waals surface area contributed by atoms with Gasteiger partial charge in [0.05, 0.1) is 18.3 Å². The number of hydrogen-bond donors (Lipinski definition) is 1. The van der Waals surface area contributed by atoms with E-state index in [2.05, 4.69) is 30.5 Å². The minimum atomic E-state index is -0.137. The van der Waals surface area contributed by atoms with Crippen molar-refractivity contribution in [2.75, 3.05) is 18.0 Å². The molecule has 0 bridgehead atoms. The summed E-state index contributed by atoms with van der Waals surface area (Å²) >= 11 is 0. The zero-order valence-corrected chi connectivity index (χ0v) is 14.6. The Balaban J connectivity index is 1.59. The first-order chi connectivity index (χ1) is 12.6. The molecule has 3 aromatic heterocycles. The van der Waals surface area contributed by atoms with Crippen LogP contribution in [0.5, 0.6) is 0 Å². The number of rotatable bonds is 4. The van der Waals surface area contributed by atoms with Gasteiger partial charge in [0.15, 0.2) is 0 Å². The fraction of sp³-hybridized carbons (Fsp3) is 0.353. The van der Waals surface area contributed by atoms with Crippen molar-refractivity contribution in [3.05, 3.63) is 54.4 Å². The van der Waals surface area contributed by atoms with Crippen molar-refractivity contribution in [3.8, 4) is 0 Å². The van der Waals surface area contributed by atoms with Crippen molar-refractivity contribution >= 4 is 11.9 Å². The molecule has 9 heteroatoms. The van der Waals surface area contributed by atoms with Gasteiger partial charge in [-0.1, -0.05) is 5.21 Å². The van der Waals surface area contributed by atoms with Crippen molar-refractivity contribution in [2.24, 2.45) is 7.05 Å². The van der Waals surface area contributed by atoms with Crippen LogP contribution in [-0.2, 0) is 7.05 Å². The molecule has 1 fully saturated rings. The quantitative estimate of drug-likeness (QED) is 0.738. The number of aromatic nitrogens is 6. The minimum Gasteiger partial charge on any atom is -0.346 e. The van der Waals surface area contributed by atoms with Gasteiger partial charge in [0.25, 0.3) is 5.91 Å². The van der Waals surface area contributed by atoms with Gasteiger partial charge in [0, 0.05) is 44.9 Å². The van der Waals surface area contributed by atoms with Crippen molar-refractivity contribution in [1.82, 2.24) is 34.8 Å². The first-order valence-electron chi connectivity index (χ1n) is 8.44. The molecule has 9 nitrogen and oxygen atoms in total. The van der Waals surface area contributed by atoms with E-state index in [9.17, 15) is 4.79 Å². The van der Waals surface area contributed by atoms with E-state index in [0.717, 1.165) is 5.56 Å². The van der Waals surface area contributed by atoms with E-state index in [1.54, 1.807) is 29.3 Å². The fourth-order valence-corrected chi connectivity index (χ4v) is 3.44. The topological polar surface area (TPSA) is 93.8 Å². The maximum absolute atomic E-state index is 12.8. The highest BCUT2D eigenvalue weighted by Crippen LogP contribution is 2.25. The van der Waals surface area contributed by atoms with Crippen molar-refractivity contribution in [2.45, 2.75) is 19.0 Å². The zero-order valence-electron chi connectivity index (χ0n) is 14.6. The van der Waals surface area contributed by atoms with Gasteiger partial charge in [-0.3, -0.25) is 4.79 Å². The Labute approximate surface area is 150 Å². The molecule has 1 saturated heterocycles. The molecule has 3 aromatic rings. The Kier molecular flexibility index (Phi) is 4.11. The third kappa shape index (κ3) is 2.92. The van der Waals surface area contributed by atoms with Crippen LogP contribution in [0.3, 0.4) is 0 Å². The number of hydrogen-bond acceptors (Lipinski definition) is 6. The third-order valence-corrected chi connectivity index (χ3v) is 4.71. The molecule has 2 atom stereocenters. The summed E-state index contributed by atoms with van der Waals surface area (Å²) < 4.78 is 3.62. The number of carbonyl (C=O) groups excluding carboxylic acids is 1. The van der Waals surface area contributed by atoms with Crippen molar-refractivity contribution in [3.63, 3.8) is 0 Å². The van der Waals surface area contributed by atoms with Crippen LogP contribution in [0.15, 0.2) is 43.1 Å². The van der Waals surface area contributed by atoms with Crippen molar-refractivity contribution < 1.29 is 4.79 Å². The number of anilines is 1. The molecule has 0 saturated carbocycles. The molecule has 134 valence electrons. The Morgan fingerprint density at radius 1 is 1.19 bits per heavy atom. The summed E-state index contributed by atoms with van der Waals surface area (Å²) in [5, 5.41) is 11.2. The average Bonchev–Trinajstić information content (AvgIpc) is 3.36. The van der Waals surface area contributed by atoms with Crippen LogP contribution < -0.4 is 10.2 Å². The van der Waals surface area contributed by atoms with Crippen LogP contribution in [0.1, 0.15) is 22.1 Å². The summed E-state index contributed by atoms with van der Waals surface area (Å²) in [6.45, 7) is 3.18. The van der Waals surface area contributed by atoms with E-state index < -0.39 is 0 Å². The lowest BCUT2D eigenvalue weighted by molar-refractivity contribution is 0.0922. The second-order valence-electron chi connectivity index (χ2n) is 6.44. The standard InChI is InChI=1S/C17H20N8O/c1-12-4-8-23(2)15(12)16(26)21-13-10-24(17-18-5-3-6-19-17)11-14(13)25-9-7-20-22-25/h3-9,13-14H,10-11H2,1-2H3,(H,21,26)/t13-,14+/m1/s1. The van der Waals surface area contributed by atoms with E-state index >= 15 is 0 Å². The Bertz CT molecular complexity index is 869. The summed E-state index contributed by atoms with van der Waals surface area (Å²) in [6.07, 6.45) is 8.77. The minimum absolute atomic E-state index is 0.0502. The molecule has 4 rings (SSSR count). The third-order valence-electron chi connectivity index (χ3n) is 4.71. The molecule has 0 unspecified atom stereocenters. The second-order valence-corrected chi connectivity index (χ2v) is 6.44. The predicted molar refractivity (Wildman–Crippen MR) is 94.7 cm³/mol. The van der Waals surface area contributed by atoms with E-state index in [1.807, 2.05) is 37.0 Å². The molecule has 26 heavy (non-hydrogen) atoms. The molecule has 0 aromatic carbocycles. The summed E-state index contributed by atoms with van der Waals surface area (Å²) in [4.78, 5) is 23.5. The molecule has 4 heterocycles. The largest absolute Gasteiger partial charge is 0.346 e. The predicted octanol–water partition coefficient (Wildman–Crippen LogP) is 0.575. The van der Waals surface area contributed by atoms with Crippen LogP contribution in [0.4, 0.5) is 5.95 Å². The van der Waals surface area contributed by atoms with Gasteiger partial charge >= 0.3 is 0 Å². The highest BCUT2D eigenvalue weighted by Gasteiger charge is 2.37. The van der Waals surface area contributed by atoms with Gasteiger partial charge in [-0.25, -0.2) is 14.6 Å². The molecule has 0 aliphatic carbocycles. The van der Waals surface area contributed by atoms with Crippen molar-refractivity contribution in [1.29, 1.82) is 0 Å². The highest BCUT2D eigenvalue weighted by atomic mass is 16.2. The summed E-state index contributed by atoms with van der Waals surface area (Å²) in [5.41, 5.74) is 1.61. The maximum Gasteiger partial charge on any atom is 0.268 e. The molecule has 1 aliphatic rings. The lowest BCUT2D eigenvalue weighted by Crippen LogP contribution is -2.42. The van der Waals surface area contributed by atoms with Crippen LogP contribution in [-0.4, -0.2) is 54.6 Å². The van der Waals surface area contributed by atoms with E-state index in [4.69, 9.17) is 0 Å². The Morgan fingerprint density at radius 2 is 2.00 bits per heavy atom. The van der Waals surface area contributed by atoms with E-state index in [1.165, 1.54) is 0 Å². The smallest absolute Gasteiger partial charge is 0.268 e. The van der Waals surface area contributed by atoms with Crippen LogP contribution in [0, 0.1) is 6.92 Å². The van der Waals surface area contributed by atoms with E-state index in [-0.39, 0.29) is 18.0 Å². The van der Waals surface area contributed by atoms with E-state index in [0.29, 0.717) is 24.7 Å². The number of nitrogens with one attached hydrogen (secondary N) is 1. The second kappa shape index (κ2) is 6.58. The fourth-order valence-electron chi connectivity index (χ4n) is 3.44. The lowest BCUT2D eigenvalue weighted by atomic mass is 10.1. The number of nitrogens with zero attached hydrogens (tertiary/aromatic N) is 7. The number of amides is 1. The zero-order chi connectivity index (χ0) is 18.1. The first kappa shape index (κ1) is 16.2. The molecule has 0 spiro atoms. The Morgan fingerprint density at radius 3 is 2.65 bits per heavy atom. The first-order valence-corrected chi connectivity index (χ1v) is 8.44. The van der Waals surface area contributed by atoms with Gasteiger partial charge in [0.2, 0.25) is 5.95 Å². The number of aryl methyl sites for hydroxylation is 2. The van der Waals surface area contributed by atoms with Crippen LogP contribution >= 0.6 is 0 Å². The summed E-state index contributed by atoms with van der Waals surface area (Å²) in [5.74, 6) is 0.547. The van der Waals surface area contributed by atoms with Gasteiger partial charge in [-0.15, -0.1) is 5.10 Å². The molecule has 1 N–H and O–H groups in total. The van der Waals surface area contributed by atoms with Gasteiger partial charge in [0.1, 0.15) is 5.69 Å². The van der Waals surface area contributed by atoms with Crippen LogP contribution in [0.2, 0.25) is 0 Å². The molecule has 0 radical (unpaired) electrons. The average molecular weight is 352 g/mol.